The topological polar surface area (TPSA) is 83.8 Å². The van der Waals surface area contributed by atoms with Gasteiger partial charge in [0.25, 0.3) is 0 Å². The number of fused-ring (bicyclic) bond motifs is 1. The van der Waals surface area contributed by atoms with Gasteiger partial charge in [0, 0.05) is 5.57 Å². The van der Waals surface area contributed by atoms with Gasteiger partial charge in [-0.05, 0) is 44.9 Å². The molecule has 5 heteroatoms. The smallest absolute Gasteiger partial charge is 0.196 e. The van der Waals surface area contributed by atoms with Crippen molar-refractivity contribution in [3.63, 3.8) is 0 Å². The van der Waals surface area contributed by atoms with Gasteiger partial charge >= 0.3 is 0 Å². The van der Waals surface area contributed by atoms with Crippen LogP contribution in [0, 0.1) is 0 Å². The lowest BCUT2D eigenvalue weighted by molar-refractivity contribution is 0.000345. The van der Waals surface area contributed by atoms with E-state index >= 15 is 0 Å². The standard InChI is InChI=1S/C16H16O5/c1-16(2)6-5-12(21-16)8-7-11(19)13-9(17)3-4-10(18)14(13)15(8)20/h3-4,7,12,17-18H,5-6H2,1-2H3/t12-/m1/s1. The van der Waals surface area contributed by atoms with Crippen molar-refractivity contribution in [3.8, 4) is 11.5 Å². The zero-order valence-corrected chi connectivity index (χ0v) is 11.8. The molecular weight excluding hydrogens is 272 g/mol. The normalized spacial score (nSPS) is 23.9. The van der Waals surface area contributed by atoms with Crippen LogP contribution in [0.1, 0.15) is 47.4 Å². The molecule has 0 radical (unpaired) electrons. The van der Waals surface area contributed by atoms with E-state index in [-0.39, 0.29) is 33.8 Å². The fourth-order valence-corrected chi connectivity index (χ4v) is 2.92. The van der Waals surface area contributed by atoms with Crippen molar-refractivity contribution in [2.24, 2.45) is 0 Å². The number of aromatic hydroxyl groups is 2. The number of ether oxygens (including phenoxy) is 1. The van der Waals surface area contributed by atoms with Crippen molar-refractivity contribution in [3.05, 3.63) is 34.9 Å². The molecule has 1 heterocycles. The maximum absolute atomic E-state index is 12.6. The first-order valence-corrected chi connectivity index (χ1v) is 6.83. The van der Waals surface area contributed by atoms with E-state index in [9.17, 15) is 19.8 Å². The number of carbonyl (C=O) groups is 2. The summed E-state index contributed by atoms with van der Waals surface area (Å²) in [7, 11) is 0. The number of hydrogen-bond acceptors (Lipinski definition) is 5. The molecule has 1 fully saturated rings. The second kappa shape index (κ2) is 4.43. The maximum atomic E-state index is 12.6. The van der Waals surface area contributed by atoms with E-state index in [0.717, 1.165) is 6.42 Å². The van der Waals surface area contributed by atoms with Crippen molar-refractivity contribution in [2.45, 2.75) is 38.4 Å². The number of carbonyl (C=O) groups excluding carboxylic acids is 2. The SMILES string of the molecule is CC1(C)CC[C@H](C2=CC(=O)c3c(O)ccc(O)c3C2=O)O1. The molecule has 0 aromatic heterocycles. The summed E-state index contributed by atoms with van der Waals surface area (Å²) in [6.45, 7) is 3.86. The third-order valence-corrected chi connectivity index (χ3v) is 4.00. The van der Waals surface area contributed by atoms with Gasteiger partial charge in [0.1, 0.15) is 11.5 Å². The summed E-state index contributed by atoms with van der Waals surface area (Å²) in [5.41, 5.74) is -0.360. The van der Waals surface area contributed by atoms with Gasteiger partial charge in [-0.2, -0.15) is 0 Å². The van der Waals surface area contributed by atoms with Crippen LogP contribution in [0.25, 0.3) is 0 Å². The van der Waals surface area contributed by atoms with Gasteiger partial charge in [-0.3, -0.25) is 9.59 Å². The summed E-state index contributed by atoms with van der Waals surface area (Å²) in [6, 6.07) is 2.41. The van der Waals surface area contributed by atoms with Gasteiger partial charge in [-0.25, -0.2) is 0 Å². The molecule has 1 atom stereocenters. The number of Topliss-reactive ketones (excluding diaryl/α,β-unsaturated/α-hetero) is 1. The van der Waals surface area contributed by atoms with Crippen LogP contribution in [0.5, 0.6) is 11.5 Å². The summed E-state index contributed by atoms with van der Waals surface area (Å²) in [4.78, 5) is 24.7. The average molecular weight is 288 g/mol. The van der Waals surface area contributed by atoms with E-state index in [1.807, 2.05) is 13.8 Å². The van der Waals surface area contributed by atoms with E-state index in [2.05, 4.69) is 0 Å². The van der Waals surface area contributed by atoms with Crippen molar-refractivity contribution in [2.75, 3.05) is 0 Å². The predicted octanol–water partition coefficient (Wildman–Crippen LogP) is 2.36. The van der Waals surface area contributed by atoms with Crippen molar-refractivity contribution in [1.82, 2.24) is 0 Å². The van der Waals surface area contributed by atoms with Crippen LogP contribution < -0.4 is 0 Å². The Kier molecular flexibility index (Phi) is 2.92. The van der Waals surface area contributed by atoms with Gasteiger partial charge in [-0.15, -0.1) is 0 Å². The Morgan fingerprint density at radius 2 is 1.76 bits per heavy atom. The Hall–Kier alpha value is -2.14. The Labute approximate surface area is 121 Å². The van der Waals surface area contributed by atoms with E-state index in [0.29, 0.717) is 6.42 Å². The van der Waals surface area contributed by atoms with Crippen LogP contribution in [-0.2, 0) is 4.74 Å². The Balaban J connectivity index is 2.06. The lowest BCUT2D eigenvalue weighted by atomic mass is 9.85. The molecule has 0 bridgehead atoms. The molecule has 0 unspecified atom stereocenters. The number of phenols is 2. The molecule has 110 valence electrons. The fraction of sp³-hybridized carbons (Fsp3) is 0.375. The number of phenolic OH excluding ortho intramolecular Hbond substituents is 2. The van der Waals surface area contributed by atoms with E-state index in [4.69, 9.17) is 4.74 Å². The average Bonchev–Trinajstić information content (AvgIpc) is 2.76. The van der Waals surface area contributed by atoms with Crippen LogP contribution >= 0.6 is 0 Å². The van der Waals surface area contributed by atoms with Gasteiger partial charge in [0.15, 0.2) is 11.6 Å². The van der Waals surface area contributed by atoms with Crippen LogP contribution in [-0.4, -0.2) is 33.5 Å². The van der Waals surface area contributed by atoms with Crippen LogP contribution in [0.3, 0.4) is 0 Å². The Morgan fingerprint density at radius 3 is 2.33 bits per heavy atom. The number of benzene rings is 1. The second-order valence-corrected chi connectivity index (χ2v) is 6.05. The molecule has 2 aliphatic rings. The van der Waals surface area contributed by atoms with Gasteiger partial charge in [0.2, 0.25) is 0 Å². The highest BCUT2D eigenvalue weighted by Crippen LogP contribution is 2.39. The first-order chi connectivity index (χ1) is 9.80. The monoisotopic (exact) mass is 288 g/mol. The minimum Gasteiger partial charge on any atom is -0.507 e. The van der Waals surface area contributed by atoms with Crippen molar-refractivity contribution < 1.29 is 24.5 Å². The molecule has 5 nitrogen and oxygen atoms in total. The zero-order valence-electron chi connectivity index (χ0n) is 11.8. The lowest BCUT2D eigenvalue weighted by Crippen LogP contribution is -2.27. The summed E-state index contributed by atoms with van der Waals surface area (Å²) in [5, 5.41) is 19.6. The second-order valence-electron chi connectivity index (χ2n) is 6.05. The summed E-state index contributed by atoms with van der Waals surface area (Å²) in [6.07, 6.45) is 2.20. The molecule has 1 aliphatic heterocycles. The van der Waals surface area contributed by atoms with Crippen LogP contribution in [0.2, 0.25) is 0 Å². The van der Waals surface area contributed by atoms with Gasteiger partial charge in [0.05, 0.1) is 22.8 Å². The third kappa shape index (κ3) is 2.14. The molecule has 1 saturated heterocycles. The van der Waals surface area contributed by atoms with E-state index < -0.39 is 17.7 Å². The van der Waals surface area contributed by atoms with Crippen molar-refractivity contribution in [1.29, 1.82) is 0 Å². The molecule has 0 spiro atoms. The minimum atomic E-state index is -0.485. The summed E-state index contributed by atoms with van der Waals surface area (Å²) < 4.78 is 5.81. The molecule has 21 heavy (non-hydrogen) atoms. The minimum absolute atomic E-state index is 0.134. The maximum Gasteiger partial charge on any atom is 0.196 e. The molecule has 0 saturated carbocycles. The third-order valence-electron chi connectivity index (χ3n) is 4.00. The summed E-state index contributed by atoms with van der Waals surface area (Å²) >= 11 is 0. The van der Waals surface area contributed by atoms with Crippen LogP contribution in [0.15, 0.2) is 23.8 Å². The number of rotatable bonds is 1. The molecule has 1 aromatic carbocycles. The first-order valence-electron chi connectivity index (χ1n) is 6.83. The predicted molar refractivity (Wildman–Crippen MR) is 74.7 cm³/mol. The van der Waals surface area contributed by atoms with Gasteiger partial charge in [-0.1, -0.05) is 0 Å². The van der Waals surface area contributed by atoms with Gasteiger partial charge < -0.3 is 14.9 Å². The summed E-state index contributed by atoms with van der Waals surface area (Å²) in [5.74, 6) is -1.55. The highest BCUT2D eigenvalue weighted by molar-refractivity contribution is 6.27. The molecule has 1 aromatic rings. The molecule has 3 rings (SSSR count). The quantitative estimate of drug-likeness (QED) is 0.775. The Bertz CT molecular complexity index is 684. The van der Waals surface area contributed by atoms with E-state index in [1.165, 1.54) is 18.2 Å². The van der Waals surface area contributed by atoms with E-state index in [1.54, 1.807) is 0 Å². The fourth-order valence-electron chi connectivity index (χ4n) is 2.92. The number of hydrogen-bond donors (Lipinski definition) is 2. The largest absolute Gasteiger partial charge is 0.507 e. The number of allylic oxidation sites excluding steroid dienone is 1. The lowest BCUT2D eigenvalue weighted by Gasteiger charge is -2.23. The zero-order chi connectivity index (χ0) is 15.4. The highest BCUT2D eigenvalue weighted by atomic mass is 16.5. The Morgan fingerprint density at radius 1 is 1.14 bits per heavy atom. The molecular formula is C16H16O5. The van der Waals surface area contributed by atoms with Crippen LogP contribution in [0.4, 0.5) is 0 Å². The highest BCUT2D eigenvalue weighted by Gasteiger charge is 2.40. The molecule has 1 aliphatic carbocycles. The molecule has 0 amide bonds. The number of ketones is 2. The molecule has 2 N–H and O–H groups in total. The van der Waals surface area contributed by atoms with Crippen molar-refractivity contribution >= 4 is 11.6 Å². The first kappa shape index (κ1) is 13.8.